The van der Waals surface area contributed by atoms with Gasteiger partial charge in [0.25, 0.3) is 0 Å². The van der Waals surface area contributed by atoms with Crippen LogP contribution in [0.25, 0.3) is 0 Å². The molecule has 0 aliphatic carbocycles. The molecule has 0 spiro atoms. The summed E-state index contributed by atoms with van der Waals surface area (Å²) in [5, 5.41) is 9.77. The van der Waals surface area contributed by atoms with E-state index in [-0.39, 0.29) is 11.8 Å². The number of para-hydroxylation sites is 1. The number of carbonyl (C=O) groups excluding carboxylic acids is 1. The summed E-state index contributed by atoms with van der Waals surface area (Å²) >= 11 is 0. The van der Waals surface area contributed by atoms with Gasteiger partial charge in [0.1, 0.15) is 0 Å². The van der Waals surface area contributed by atoms with Gasteiger partial charge in [-0.05, 0) is 50.9 Å². The predicted molar refractivity (Wildman–Crippen MR) is 111 cm³/mol. The van der Waals surface area contributed by atoms with E-state index >= 15 is 0 Å². The van der Waals surface area contributed by atoms with Crippen molar-refractivity contribution in [2.24, 2.45) is 4.99 Å². The van der Waals surface area contributed by atoms with Crippen LogP contribution in [0, 0.1) is 0 Å². The van der Waals surface area contributed by atoms with Crippen molar-refractivity contribution in [3.8, 4) is 0 Å². The first kappa shape index (κ1) is 19.7. The van der Waals surface area contributed by atoms with Crippen molar-refractivity contribution in [2.75, 3.05) is 38.0 Å². The summed E-state index contributed by atoms with van der Waals surface area (Å²) in [6, 6.07) is 8.59. The van der Waals surface area contributed by atoms with Gasteiger partial charge in [0.05, 0.1) is 6.54 Å². The number of anilines is 1. The molecule has 0 saturated carbocycles. The number of benzene rings is 1. The molecule has 0 bridgehead atoms. The van der Waals surface area contributed by atoms with Crippen molar-refractivity contribution in [2.45, 2.75) is 51.5 Å². The highest BCUT2D eigenvalue weighted by molar-refractivity contribution is 5.94. The first-order chi connectivity index (χ1) is 13.2. The molecule has 3 rings (SSSR count). The van der Waals surface area contributed by atoms with Crippen molar-refractivity contribution in [3.05, 3.63) is 29.8 Å². The SMILES string of the molecule is CCNC(=NCC(CC)N1CCCC1)NCC1CC(=O)Nc2ccccc21. The maximum absolute atomic E-state index is 12.0. The molecule has 2 aliphatic rings. The third-order valence-corrected chi connectivity index (χ3v) is 5.56. The largest absolute Gasteiger partial charge is 0.357 e. The molecule has 2 atom stereocenters. The molecular formula is C21H33N5O. The van der Waals surface area contributed by atoms with Crippen LogP contribution in [-0.2, 0) is 4.79 Å². The van der Waals surface area contributed by atoms with Gasteiger partial charge >= 0.3 is 0 Å². The number of guanidine groups is 1. The second-order valence-electron chi connectivity index (χ2n) is 7.44. The first-order valence-corrected chi connectivity index (χ1v) is 10.4. The summed E-state index contributed by atoms with van der Waals surface area (Å²) in [6.07, 6.45) is 4.25. The quantitative estimate of drug-likeness (QED) is 0.509. The van der Waals surface area contributed by atoms with Gasteiger partial charge in [-0.15, -0.1) is 0 Å². The third kappa shape index (κ3) is 5.22. The Labute approximate surface area is 162 Å². The van der Waals surface area contributed by atoms with Crippen molar-refractivity contribution < 1.29 is 4.79 Å². The van der Waals surface area contributed by atoms with E-state index in [1.165, 1.54) is 31.5 Å². The van der Waals surface area contributed by atoms with E-state index in [9.17, 15) is 4.79 Å². The first-order valence-electron chi connectivity index (χ1n) is 10.4. The lowest BCUT2D eigenvalue weighted by atomic mass is 9.90. The van der Waals surface area contributed by atoms with Gasteiger partial charge in [-0.3, -0.25) is 14.7 Å². The van der Waals surface area contributed by atoms with Crippen LogP contribution in [-0.4, -0.2) is 55.5 Å². The van der Waals surface area contributed by atoms with E-state index in [0.717, 1.165) is 31.2 Å². The van der Waals surface area contributed by atoms with Gasteiger partial charge < -0.3 is 16.0 Å². The Hall–Kier alpha value is -2.08. The Morgan fingerprint density at radius 3 is 2.78 bits per heavy atom. The maximum atomic E-state index is 12.0. The Balaban J connectivity index is 1.61. The number of fused-ring (bicyclic) bond motifs is 1. The zero-order chi connectivity index (χ0) is 19.1. The van der Waals surface area contributed by atoms with Crippen LogP contribution in [0.1, 0.15) is 51.0 Å². The molecule has 2 heterocycles. The number of aliphatic imine (C=N–C) groups is 1. The highest BCUT2D eigenvalue weighted by Crippen LogP contribution is 2.31. The third-order valence-electron chi connectivity index (χ3n) is 5.56. The minimum absolute atomic E-state index is 0.0857. The topological polar surface area (TPSA) is 68.8 Å². The monoisotopic (exact) mass is 371 g/mol. The Morgan fingerprint density at radius 1 is 1.26 bits per heavy atom. The summed E-state index contributed by atoms with van der Waals surface area (Å²) in [6.45, 7) is 9.07. The zero-order valence-electron chi connectivity index (χ0n) is 16.6. The van der Waals surface area contributed by atoms with Crippen molar-refractivity contribution >= 4 is 17.6 Å². The van der Waals surface area contributed by atoms with E-state index < -0.39 is 0 Å². The summed E-state index contributed by atoms with van der Waals surface area (Å²) in [4.78, 5) is 19.4. The van der Waals surface area contributed by atoms with Gasteiger partial charge in [0.2, 0.25) is 5.91 Å². The molecule has 1 aromatic rings. The Bertz CT molecular complexity index is 654. The van der Waals surface area contributed by atoms with Gasteiger partial charge in [-0.1, -0.05) is 25.1 Å². The Morgan fingerprint density at radius 2 is 2.04 bits per heavy atom. The molecule has 1 aromatic carbocycles. The standard InChI is InChI=1S/C21H33N5O/c1-3-17(26-11-7-8-12-26)15-24-21(22-4-2)23-14-16-13-20(27)25-19-10-6-5-9-18(16)19/h5-6,9-10,16-17H,3-4,7-8,11-15H2,1-2H3,(H,25,27)(H2,22,23,24). The van der Waals surface area contributed by atoms with Crippen LogP contribution in [0.4, 0.5) is 5.69 Å². The summed E-state index contributed by atoms with van der Waals surface area (Å²) in [5.74, 6) is 1.10. The molecule has 148 valence electrons. The summed E-state index contributed by atoms with van der Waals surface area (Å²) in [5.41, 5.74) is 2.13. The van der Waals surface area contributed by atoms with Crippen LogP contribution >= 0.6 is 0 Å². The second-order valence-corrected chi connectivity index (χ2v) is 7.44. The average Bonchev–Trinajstić information content (AvgIpc) is 3.20. The van der Waals surface area contributed by atoms with Crippen LogP contribution in [0.2, 0.25) is 0 Å². The predicted octanol–water partition coefficient (Wildman–Crippen LogP) is 2.54. The van der Waals surface area contributed by atoms with Crippen molar-refractivity contribution in [1.29, 1.82) is 0 Å². The van der Waals surface area contributed by atoms with E-state index in [2.05, 4.69) is 40.8 Å². The number of carbonyl (C=O) groups is 1. The zero-order valence-corrected chi connectivity index (χ0v) is 16.6. The van der Waals surface area contributed by atoms with E-state index in [0.29, 0.717) is 19.0 Å². The van der Waals surface area contributed by atoms with Gasteiger partial charge in [-0.25, -0.2) is 0 Å². The van der Waals surface area contributed by atoms with Gasteiger partial charge in [-0.2, -0.15) is 0 Å². The fourth-order valence-corrected chi connectivity index (χ4v) is 4.05. The number of nitrogens with zero attached hydrogens (tertiary/aromatic N) is 2. The van der Waals surface area contributed by atoms with Crippen molar-refractivity contribution in [1.82, 2.24) is 15.5 Å². The number of hydrogen-bond donors (Lipinski definition) is 3. The van der Waals surface area contributed by atoms with Gasteiger partial charge in [0, 0.05) is 37.2 Å². The molecule has 6 nitrogen and oxygen atoms in total. The second kappa shape index (κ2) is 9.74. The Kier molecular flexibility index (Phi) is 7.10. The maximum Gasteiger partial charge on any atom is 0.225 e. The molecule has 2 unspecified atom stereocenters. The van der Waals surface area contributed by atoms with E-state index in [1.807, 2.05) is 18.2 Å². The van der Waals surface area contributed by atoms with Crippen LogP contribution in [0.15, 0.2) is 29.3 Å². The molecule has 3 N–H and O–H groups in total. The summed E-state index contributed by atoms with van der Waals surface area (Å²) < 4.78 is 0. The fraction of sp³-hybridized carbons (Fsp3) is 0.619. The molecule has 1 amide bonds. The number of nitrogens with one attached hydrogen (secondary N) is 3. The molecule has 1 fully saturated rings. The number of likely N-dealkylation sites (tertiary alicyclic amines) is 1. The molecule has 6 heteroatoms. The lowest BCUT2D eigenvalue weighted by Crippen LogP contribution is -2.42. The molecular weight excluding hydrogens is 338 g/mol. The molecule has 1 saturated heterocycles. The number of rotatable bonds is 7. The minimum atomic E-state index is 0.0857. The molecule has 27 heavy (non-hydrogen) atoms. The molecule has 2 aliphatic heterocycles. The smallest absolute Gasteiger partial charge is 0.225 e. The average molecular weight is 372 g/mol. The van der Waals surface area contributed by atoms with Gasteiger partial charge in [0.15, 0.2) is 5.96 Å². The lowest BCUT2D eigenvalue weighted by molar-refractivity contribution is -0.116. The molecule has 0 aromatic heterocycles. The van der Waals surface area contributed by atoms with Crippen LogP contribution < -0.4 is 16.0 Å². The van der Waals surface area contributed by atoms with E-state index in [1.54, 1.807) is 0 Å². The summed E-state index contributed by atoms with van der Waals surface area (Å²) in [7, 11) is 0. The highest BCUT2D eigenvalue weighted by atomic mass is 16.1. The normalized spacial score (nSPS) is 21.5. The minimum Gasteiger partial charge on any atom is -0.357 e. The number of hydrogen-bond acceptors (Lipinski definition) is 3. The fourth-order valence-electron chi connectivity index (χ4n) is 4.05. The number of amides is 1. The van der Waals surface area contributed by atoms with Crippen molar-refractivity contribution in [3.63, 3.8) is 0 Å². The van der Waals surface area contributed by atoms with Crippen LogP contribution in [0.5, 0.6) is 0 Å². The van der Waals surface area contributed by atoms with Crippen LogP contribution in [0.3, 0.4) is 0 Å². The molecule has 0 radical (unpaired) electrons. The van der Waals surface area contributed by atoms with E-state index in [4.69, 9.17) is 4.99 Å². The highest BCUT2D eigenvalue weighted by Gasteiger charge is 2.25. The lowest BCUT2D eigenvalue weighted by Gasteiger charge is -2.27.